The van der Waals surface area contributed by atoms with Gasteiger partial charge in [0.2, 0.25) is 0 Å². The molecule has 0 amide bonds. The number of likely N-dealkylation sites (tertiary alicyclic amines) is 1. The Bertz CT molecular complexity index is 590. The van der Waals surface area contributed by atoms with Gasteiger partial charge in [-0.25, -0.2) is 0 Å². The second-order valence-electron chi connectivity index (χ2n) is 5.99. The van der Waals surface area contributed by atoms with Crippen LogP contribution < -0.4 is 5.32 Å². The summed E-state index contributed by atoms with van der Waals surface area (Å²) in [4.78, 5) is 3.98. The van der Waals surface area contributed by atoms with E-state index in [2.05, 4.69) is 55.4 Å². The van der Waals surface area contributed by atoms with Crippen LogP contribution in [0.5, 0.6) is 0 Å². The average Bonchev–Trinajstić information content (AvgIpc) is 3.01. The summed E-state index contributed by atoms with van der Waals surface area (Å²) >= 11 is 1.94. The molecule has 1 aliphatic rings. The van der Waals surface area contributed by atoms with Crippen LogP contribution in [0.4, 0.5) is 0 Å². The van der Waals surface area contributed by atoms with Crippen molar-refractivity contribution in [3.63, 3.8) is 0 Å². The highest BCUT2D eigenvalue weighted by Crippen LogP contribution is 2.34. The maximum absolute atomic E-state index is 3.74. The summed E-state index contributed by atoms with van der Waals surface area (Å²) in [6.07, 6.45) is 2.68. The molecule has 0 bridgehead atoms. The zero-order valence-corrected chi connectivity index (χ0v) is 13.5. The Labute approximate surface area is 125 Å². The molecule has 3 heteroatoms. The summed E-state index contributed by atoms with van der Waals surface area (Å²) in [6.45, 7) is 6.91. The maximum atomic E-state index is 3.74. The molecule has 1 aromatic carbocycles. The number of thiophene rings is 1. The molecule has 1 aromatic heterocycles. The van der Waals surface area contributed by atoms with Gasteiger partial charge in [0, 0.05) is 28.2 Å². The highest BCUT2D eigenvalue weighted by atomic mass is 32.1. The van der Waals surface area contributed by atoms with Gasteiger partial charge in [0.1, 0.15) is 0 Å². The molecule has 2 unspecified atom stereocenters. The van der Waals surface area contributed by atoms with Crippen LogP contribution in [-0.4, -0.2) is 31.1 Å². The van der Waals surface area contributed by atoms with Gasteiger partial charge in [-0.3, -0.25) is 0 Å². The summed E-state index contributed by atoms with van der Waals surface area (Å²) in [5.74, 6) is 0. The van der Waals surface area contributed by atoms with E-state index in [0.29, 0.717) is 12.1 Å². The van der Waals surface area contributed by atoms with E-state index in [-0.39, 0.29) is 0 Å². The Hall–Kier alpha value is -0.900. The van der Waals surface area contributed by atoms with Gasteiger partial charge in [0.05, 0.1) is 0 Å². The number of aryl methyl sites for hydroxylation is 1. The van der Waals surface area contributed by atoms with E-state index >= 15 is 0 Å². The van der Waals surface area contributed by atoms with Crippen molar-refractivity contribution in [3.05, 3.63) is 34.7 Å². The van der Waals surface area contributed by atoms with Crippen molar-refractivity contribution in [1.29, 1.82) is 0 Å². The largest absolute Gasteiger partial charge is 0.308 e. The standard InChI is InChI=1S/C17H24N2S/c1-12-15-8-4-5-9-16(15)20-17(12)13(2)18-11-14-7-6-10-19(14)3/h4-5,8-9,13-14,18H,6-7,10-11H2,1-3H3. The molecular weight excluding hydrogens is 264 g/mol. The summed E-state index contributed by atoms with van der Waals surface area (Å²) in [7, 11) is 2.24. The molecule has 20 heavy (non-hydrogen) atoms. The molecule has 2 heterocycles. The summed E-state index contributed by atoms with van der Waals surface area (Å²) in [5.41, 5.74) is 1.45. The Balaban J connectivity index is 1.72. The number of nitrogens with zero attached hydrogens (tertiary/aromatic N) is 1. The van der Waals surface area contributed by atoms with Gasteiger partial charge in [-0.1, -0.05) is 18.2 Å². The Kier molecular flexibility index (Phi) is 4.11. The van der Waals surface area contributed by atoms with Gasteiger partial charge in [-0.05, 0) is 57.3 Å². The molecule has 0 aliphatic carbocycles. The fourth-order valence-electron chi connectivity index (χ4n) is 3.25. The zero-order valence-electron chi connectivity index (χ0n) is 12.6. The molecule has 0 saturated carbocycles. The Morgan fingerprint density at radius 3 is 2.90 bits per heavy atom. The average molecular weight is 288 g/mol. The van der Waals surface area contributed by atoms with Crippen molar-refractivity contribution < 1.29 is 0 Å². The van der Waals surface area contributed by atoms with Crippen molar-refractivity contribution >= 4 is 21.4 Å². The first-order chi connectivity index (χ1) is 9.66. The molecule has 108 valence electrons. The van der Waals surface area contributed by atoms with Crippen LogP contribution in [0.1, 0.15) is 36.2 Å². The van der Waals surface area contributed by atoms with E-state index in [1.54, 1.807) is 0 Å². The first kappa shape index (κ1) is 14.1. The molecule has 2 atom stereocenters. The van der Waals surface area contributed by atoms with Crippen molar-refractivity contribution in [2.75, 3.05) is 20.1 Å². The van der Waals surface area contributed by atoms with Crippen LogP contribution in [0.15, 0.2) is 24.3 Å². The van der Waals surface area contributed by atoms with Gasteiger partial charge >= 0.3 is 0 Å². The molecular formula is C17H24N2S. The Morgan fingerprint density at radius 1 is 1.40 bits per heavy atom. The highest BCUT2D eigenvalue weighted by Gasteiger charge is 2.22. The van der Waals surface area contributed by atoms with E-state index in [1.165, 1.54) is 39.9 Å². The third kappa shape index (κ3) is 2.62. The predicted molar refractivity (Wildman–Crippen MR) is 88.6 cm³/mol. The van der Waals surface area contributed by atoms with Crippen molar-refractivity contribution in [2.24, 2.45) is 0 Å². The SMILES string of the molecule is Cc1c(C(C)NCC2CCCN2C)sc2ccccc12. The number of rotatable bonds is 4. The molecule has 1 aliphatic heterocycles. The monoisotopic (exact) mass is 288 g/mol. The molecule has 1 N–H and O–H groups in total. The number of hydrogen-bond donors (Lipinski definition) is 1. The first-order valence-corrected chi connectivity index (χ1v) is 8.40. The van der Waals surface area contributed by atoms with E-state index in [0.717, 1.165) is 6.54 Å². The van der Waals surface area contributed by atoms with Crippen LogP contribution >= 0.6 is 11.3 Å². The third-order valence-electron chi connectivity index (χ3n) is 4.61. The smallest absolute Gasteiger partial charge is 0.0389 e. The van der Waals surface area contributed by atoms with Crippen molar-refractivity contribution in [1.82, 2.24) is 10.2 Å². The summed E-state index contributed by atoms with van der Waals surface area (Å²) < 4.78 is 1.41. The summed E-state index contributed by atoms with van der Waals surface area (Å²) in [5, 5.41) is 5.16. The van der Waals surface area contributed by atoms with Crippen molar-refractivity contribution in [3.8, 4) is 0 Å². The summed E-state index contributed by atoms with van der Waals surface area (Å²) in [6, 6.07) is 9.90. The lowest BCUT2D eigenvalue weighted by molar-refractivity contribution is 0.294. The Morgan fingerprint density at radius 2 is 2.20 bits per heavy atom. The number of hydrogen-bond acceptors (Lipinski definition) is 3. The van der Waals surface area contributed by atoms with E-state index in [9.17, 15) is 0 Å². The van der Waals surface area contributed by atoms with Gasteiger partial charge in [0.15, 0.2) is 0 Å². The minimum atomic E-state index is 0.446. The highest BCUT2D eigenvalue weighted by molar-refractivity contribution is 7.19. The quantitative estimate of drug-likeness (QED) is 0.916. The minimum absolute atomic E-state index is 0.446. The van der Waals surface area contributed by atoms with Gasteiger partial charge in [-0.2, -0.15) is 0 Å². The van der Waals surface area contributed by atoms with Crippen LogP contribution in [0.2, 0.25) is 0 Å². The van der Waals surface area contributed by atoms with Gasteiger partial charge in [-0.15, -0.1) is 11.3 Å². The number of nitrogens with one attached hydrogen (secondary N) is 1. The fourth-order valence-corrected chi connectivity index (χ4v) is 4.49. The molecule has 0 radical (unpaired) electrons. The molecule has 3 rings (SSSR count). The molecule has 0 spiro atoms. The molecule has 2 aromatic rings. The first-order valence-electron chi connectivity index (χ1n) is 7.58. The van der Waals surface area contributed by atoms with E-state index in [4.69, 9.17) is 0 Å². The molecule has 1 saturated heterocycles. The van der Waals surface area contributed by atoms with Crippen LogP contribution in [0, 0.1) is 6.92 Å². The second kappa shape index (κ2) is 5.84. The van der Waals surface area contributed by atoms with Crippen LogP contribution in [0.3, 0.4) is 0 Å². The number of fused-ring (bicyclic) bond motifs is 1. The number of benzene rings is 1. The lowest BCUT2D eigenvalue weighted by Gasteiger charge is -2.22. The zero-order chi connectivity index (χ0) is 14.1. The lowest BCUT2D eigenvalue weighted by atomic mass is 10.1. The lowest BCUT2D eigenvalue weighted by Crippen LogP contribution is -2.36. The minimum Gasteiger partial charge on any atom is -0.308 e. The second-order valence-corrected chi connectivity index (χ2v) is 7.08. The fraction of sp³-hybridized carbons (Fsp3) is 0.529. The van der Waals surface area contributed by atoms with Gasteiger partial charge < -0.3 is 10.2 Å². The predicted octanol–water partition coefficient (Wildman–Crippen LogP) is 3.95. The number of likely N-dealkylation sites (N-methyl/N-ethyl adjacent to an activating group) is 1. The van der Waals surface area contributed by atoms with Crippen LogP contribution in [-0.2, 0) is 0 Å². The molecule has 1 fully saturated rings. The molecule has 2 nitrogen and oxygen atoms in total. The van der Waals surface area contributed by atoms with Gasteiger partial charge in [0.25, 0.3) is 0 Å². The van der Waals surface area contributed by atoms with Crippen LogP contribution in [0.25, 0.3) is 10.1 Å². The third-order valence-corrected chi connectivity index (χ3v) is 6.06. The topological polar surface area (TPSA) is 15.3 Å². The normalized spacial score (nSPS) is 21.6. The van der Waals surface area contributed by atoms with Crippen molar-refractivity contribution in [2.45, 2.75) is 38.8 Å². The maximum Gasteiger partial charge on any atom is 0.0389 e. The van der Waals surface area contributed by atoms with E-state index < -0.39 is 0 Å². The van der Waals surface area contributed by atoms with E-state index in [1.807, 2.05) is 11.3 Å².